The van der Waals surface area contributed by atoms with E-state index in [0.717, 1.165) is 12.1 Å². The van der Waals surface area contributed by atoms with Gasteiger partial charge in [-0.15, -0.1) is 0 Å². The molecule has 4 rings (SSSR count). The molecule has 2 amide bonds. The van der Waals surface area contributed by atoms with E-state index in [0.29, 0.717) is 26.3 Å². The number of amides is 2. The number of fused-ring (bicyclic) bond motifs is 1. The molecular weight excluding hydrogens is 417 g/mol. The minimum Gasteiger partial charge on any atom is -0.383 e. The quantitative estimate of drug-likeness (QED) is 0.672. The van der Waals surface area contributed by atoms with Crippen molar-refractivity contribution in [3.05, 3.63) is 35.4 Å². The van der Waals surface area contributed by atoms with Crippen molar-refractivity contribution < 1.29 is 27.5 Å². The first-order valence-electron chi connectivity index (χ1n) is 9.51. The van der Waals surface area contributed by atoms with E-state index in [9.17, 15) is 22.8 Å². The monoisotopic (exact) mass is 436 g/mol. The summed E-state index contributed by atoms with van der Waals surface area (Å²) in [7, 11) is 0. The van der Waals surface area contributed by atoms with Gasteiger partial charge in [0.25, 0.3) is 0 Å². The molecule has 0 spiro atoms. The van der Waals surface area contributed by atoms with Gasteiger partial charge in [0.2, 0.25) is 17.8 Å². The van der Waals surface area contributed by atoms with Crippen molar-refractivity contribution in [1.29, 1.82) is 0 Å². The molecule has 31 heavy (non-hydrogen) atoms. The highest BCUT2D eigenvalue weighted by molar-refractivity contribution is 6.05. The SMILES string of the molecule is Nc1nc(N2CCOCC2)nc2c1[C@H](C(=O)Nc1ccccc1C(F)(F)F)CC(=O)N2. The summed E-state index contributed by atoms with van der Waals surface area (Å²) in [6.07, 6.45) is -4.95. The molecule has 12 heteroatoms. The van der Waals surface area contributed by atoms with Crippen LogP contribution in [0, 0.1) is 0 Å². The number of aromatic nitrogens is 2. The van der Waals surface area contributed by atoms with Crippen LogP contribution in [0.1, 0.15) is 23.5 Å². The van der Waals surface area contributed by atoms with Crippen molar-refractivity contribution in [3.8, 4) is 0 Å². The summed E-state index contributed by atoms with van der Waals surface area (Å²) in [6, 6.07) is 4.61. The summed E-state index contributed by atoms with van der Waals surface area (Å²) >= 11 is 0. The first-order valence-corrected chi connectivity index (χ1v) is 9.51. The highest BCUT2D eigenvalue weighted by atomic mass is 19.4. The van der Waals surface area contributed by atoms with Gasteiger partial charge in [-0.25, -0.2) is 0 Å². The number of hydrogen-bond donors (Lipinski definition) is 3. The third-order valence-corrected chi connectivity index (χ3v) is 5.06. The Morgan fingerprint density at radius 1 is 1.23 bits per heavy atom. The number of alkyl halides is 3. The maximum absolute atomic E-state index is 13.3. The van der Waals surface area contributed by atoms with Crippen LogP contribution in [0.15, 0.2) is 24.3 Å². The lowest BCUT2D eigenvalue weighted by Gasteiger charge is -2.30. The van der Waals surface area contributed by atoms with Gasteiger partial charge in [0.15, 0.2) is 0 Å². The normalized spacial score (nSPS) is 18.9. The average Bonchev–Trinajstić information content (AvgIpc) is 2.73. The zero-order valence-corrected chi connectivity index (χ0v) is 16.2. The molecule has 2 aliphatic heterocycles. The van der Waals surface area contributed by atoms with Crippen LogP contribution in [-0.4, -0.2) is 48.1 Å². The smallest absolute Gasteiger partial charge is 0.383 e. The number of nitrogens with one attached hydrogen (secondary N) is 2. The molecule has 0 saturated carbocycles. The van der Waals surface area contributed by atoms with Crippen molar-refractivity contribution in [2.75, 3.05) is 47.6 Å². The van der Waals surface area contributed by atoms with Crippen molar-refractivity contribution in [1.82, 2.24) is 9.97 Å². The van der Waals surface area contributed by atoms with E-state index in [1.165, 1.54) is 12.1 Å². The second kappa shape index (κ2) is 8.02. The third-order valence-electron chi connectivity index (χ3n) is 5.06. The van der Waals surface area contributed by atoms with Gasteiger partial charge in [-0.1, -0.05) is 12.1 Å². The molecule has 1 atom stereocenters. The topological polar surface area (TPSA) is 122 Å². The number of nitrogens with two attached hydrogens (primary N) is 1. The summed E-state index contributed by atoms with van der Waals surface area (Å²) in [5.41, 5.74) is 4.88. The van der Waals surface area contributed by atoms with E-state index in [4.69, 9.17) is 10.5 Å². The van der Waals surface area contributed by atoms with E-state index >= 15 is 0 Å². The number of rotatable bonds is 3. The van der Waals surface area contributed by atoms with Crippen LogP contribution in [0.5, 0.6) is 0 Å². The van der Waals surface area contributed by atoms with E-state index < -0.39 is 35.2 Å². The average molecular weight is 436 g/mol. The summed E-state index contributed by atoms with van der Waals surface area (Å²) in [5.74, 6) is -2.10. The Bertz CT molecular complexity index is 1020. The highest BCUT2D eigenvalue weighted by Gasteiger charge is 2.37. The van der Waals surface area contributed by atoms with E-state index in [1.807, 2.05) is 4.90 Å². The Hall–Kier alpha value is -3.41. The fourth-order valence-electron chi connectivity index (χ4n) is 3.57. The molecule has 4 N–H and O–H groups in total. The lowest BCUT2D eigenvalue weighted by atomic mass is 9.91. The van der Waals surface area contributed by atoms with Crippen molar-refractivity contribution in [3.63, 3.8) is 0 Å². The fraction of sp³-hybridized carbons (Fsp3) is 0.368. The third kappa shape index (κ3) is 4.24. The molecule has 3 heterocycles. The van der Waals surface area contributed by atoms with Crippen LogP contribution in [0.4, 0.5) is 36.4 Å². The Morgan fingerprint density at radius 2 is 1.94 bits per heavy atom. The number of benzene rings is 1. The first kappa shape index (κ1) is 20.8. The maximum Gasteiger partial charge on any atom is 0.418 e. The maximum atomic E-state index is 13.3. The highest BCUT2D eigenvalue weighted by Crippen LogP contribution is 2.38. The van der Waals surface area contributed by atoms with Gasteiger partial charge < -0.3 is 26.0 Å². The molecule has 1 aromatic heterocycles. The van der Waals surface area contributed by atoms with Gasteiger partial charge in [-0.3, -0.25) is 9.59 Å². The summed E-state index contributed by atoms with van der Waals surface area (Å²) in [6.45, 7) is 2.03. The molecule has 2 aromatic rings. The van der Waals surface area contributed by atoms with Crippen molar-refractivity contribution in [2.24, 2.45) is 0 Å². The van der Waals surface area contributed by atoms with Gasteiger partial charge in [0.1, 0.15) is 11.6 Å². The molecule has 1 aromatic carbocycles. The first-order chi connectivity index (χ1) is 14.7. The summed E-state index contributed by atoms with van der Waals surface area (Å²) < 4.78 is 45.1. The number of halogens is 3. The van der Waals surface area contributed by atoms with Crippen LogP contribution in [-0.2, 0) is 20.5 Å². The number of morpholine rings is 1. The molecular formula is C19H19F3N6O3. The minimum absolute atomic E-state index is 0.0178. The van der Waals surface area contributed by atoms with E-state index in [-0.39, 0.29) is 29.6 Å². The van der Waals surface area contributed by atoms with Crippen molar-refractivity contribution >= 4 is 35.1 Å². The zero-order valence-electron chi connectivity index (χ0n) is 16.2. The Morgan fingerprint density at radius 3 is 2.65 bits per heavy atom. The lowest BCUT2D eigenvalue weighted by Crippen LogP contribution is -2.38. The lowest BCUT2D eigenvalue weighted by molar-refractivity contribution is -0.137. The van der Waals surface area contributed by atoms with Gasteiger partial charge >= 0.3 is 6.18 Å². The molecule has 2 aliphatic rings. The standard InChI is InChI=1S/C19H19F3N6O3/c20-19(21,22)11-3-1-2-4-12(11)24-17(30)10-9-13(29)25-16-14(10)15(23)26-18(27-16)28-5-7-31-8-6-28/h1-4,10H,5-9H2,(H,24,30)(H3,23,25,26,27,29)/t10-/m1/s1. The number of hydrogen-bond acceptors (Lipinski definition) is 7. The van der Waals surface area contributed by atoms with Gasteiger partial charge in [-0.05, 0) is 12.1 Å². The van der Waals surface area contributed by atoms with Gasteiger partial charge in [0, 0.05) is 19.5 Å². The van der Waals surface area contributed by atoms with Crippen molar-refractivity contribution in [2.45, 2.75) is 18.5 Å². The molecule has 9 nitrogen and oxygen atoms in total. The van der Waals surface area contributed by atoms with Crippen LogP contribution < -0.4 is 21.3 Å². The summed E-state index contributed by atoms with van der Waals surface area (Å²) in [5, 5.41) is 4.85. The number of carbonyl (C=O) groups excluding carboxylic acids is 2. The van der Waals surface area contributed by atoms with E-state index in [1.54, 1.807) is 0 Å². The molecule has 164 valence electrons. The molecule has 0 aliphatic carbocycles. The largest absolute Gasteiger partial charge is 0.418 e. The van der Waals surface area contributed by atoms with Gasteiger partial charge in [0.05, 0.1) is 35.9 Å². The van der Waals surface area contributed by atoms with Crippen LogP contribution in [0.3, 0.4) is 0 Å². The molecule has 1 fully saturated rings. The van der Waals surface area contributed by atoms with Gasteiger partial charge in [-0.2, -0.15) is 23.1 Å². The molecule has 1 saturated heterocycles. The van der Waals surface area contributed by atoms with Crippen LogP contribution >= 0.6 is 0 Å². The zero-order chi connectivity index (χ0) is 22.2. The Balaban J connectivity index is 1.65. The molecule has 0 bridgehead atoms. The van der Waals surface area contributed by atoms with Crippen LogP contribution in [0.25, 0.3) is 0 Å². The number of ether oxygens (including phenoxy) is 1. The predicted molar refractivity (Wildman–Crippen MR) is 106 cm³/mol. The number of nitrogen functional groups attached to an aromatic ring is 1. The van der Waals surface area contributed by atoms with Crippen LogP contribution in [0.2, 0.25) is 0 Å². The second-order valence-corrected chi connectivity index (χ2v) is 7.11. The Labute approximate surface area is 174 Å². The van der Waals surface area contributed by atoms with E-state index in [2.05, 4.69) is 20.6 Å². The Kier molecular flexibility index (Phi) is 5.39. The minimum atomic E-state index is -4.65. The number of anilines is 4. The second-order valence-electron chi connectivity index (χ2n) is 7.11. The number of nitrogens with zero attached hydrogens (tertiary/aromatic N) is 3. The molecule has 0 unspecified atom stereocenters. The predicted octanol–water partition coefficient (Wildman–Crippen LogP) is 1.98. The number of para-hydroxylation sites is 1. The molecule has 0 radical (unpaired) electrons. The number of carbonyl (C=O) groups is 2. The fourth-order valence-corrected chi connectivity index (χ4v) is 3.57. The summed E-state index contributed by atoms with van der Waals surface area (Å²) in [4.78, 5) is 35.5.